The lowest BCUT2D eigenvalue weighted by Crippen LogP contribution is -2.25. The lowest BCUT2D eigenvalue weighted by Gasteiger charge is -2.10. The average Bonchev–Trinajstić information content (AvgIpc) is 2.93. The molecule has 0 saturated heterocycles. The second-order valence-electron chi connectivity index (χ2n) is 4.56. The van der Waals surface area contributed by atoms with Gasteiger partial charge in [-0.2, -0.15) is 5.10 Å². The van der Waals surface area contributed by atoms with Gasteiger partial charge >= 0.3 is 0 Å². The van der Waals surface area contributed by atoms with Gasteiger partial charge in [-0.25, -0.2) is 0 Å². The Balaban J connectivity index is 1.97. The van der Waals surface area contributed by atoms with Gasteiger partial charge in [-0.3, -0.25) is 5.43 Å². The number of benzene rings is 1. The minimum atomic E-state index is 0.447. The summed E-state index contributed by atoms with van der Waals surface area (Å²) in [5.74, 6) is 0.715. The van der Waals surface area contributed by atoms with Crippen LogP contribution in [0.1, 0.15) is 23.8 Å². The first-order chi connectivity index (χ1) is 9.56. The Morgan fingerprint density at radius 1 is 1.25 bits per heavy atom. The largest absolute Gasteiger partial charge is 0.463 e. The fourth-order valence-corrected chi connectivity index (χ4v) is 1.93. The van der Waals surface area contributed by atoms with E-state index in [4.69, 9.17) is 16.6 Å². The summed E-state index contributed by atoms with van der Waals surface area (Å²) in [7, 11) is 0. The highest BCUT2D eigenvalue weighted by Gasteiger charge is 2.02. The topological polar surface area (TPSA) is 49.6 Å². The molecule has 0 bridgehead atoms. The molecule has 0 saturated carbocycles. The number of nitrogens with one attached hydrogen (secondary N) is 2. The molecule has 5 heteroatoms. The van der Waals surface area contributed by atoms with Gasteiger partial charge in [-0.05, 0) is 56.8 Å². The standard InChI is InChI=1S/C15H17N3OS/c1-10-6-7-13(11(2)9-10)16-15(20)18-17-12(3)14-5-4-8-19-14/h4-9H,1-3H3,(H2,16,18,20). The third-order valence-electron chi connectivity index (χ3n) is 2.83. The molecule has 2 aromatic rings. The summed E-state index contributed by atoms with van der Waals surface area (Å²) in [6, 6.07) is 9.81. The van der Waals surface area contributed by atoms with Crippen molar-refractivity contribution >= 4 is 28.7 Å². The number of aryl methyl sites for hydroxylation is 2. The summed E-state index contributed by atoms with van der Waals surface area (Å²) in [4.78, 5) is 0. The van der Waals surface area contributed by atoms with Gasteiger partial charge in [0.15, 0.2) is 5.11 Å². The average molecular weight is 287 g/mol. The molecule has 0 aliphatic carbocycles. The van der Waals surface area contributed by atoms with Gasteiger partial charge in [0.05, 0.1) is 6.26 Å². The van der Waals surface area contributed by atoms with Crippen LogP contribution in [-0.2, 0) is 0 Å². The van der Waals surface area contributed by atoms with Gasteiger partial charge in [0.25, 0.3) is 0 Å². The van der Waals surface area contributed by atoms with Crippen molar-refractivity contribution in [3.8, 4) is 0 Å². The molecular weight excluding hydrogens is 270 g/mol. The second kappa shape index (κ2) is 6.34. The van der Waals surface area contributed by atoms with E-state index in [0.29, 0.717) is 10.9 Å². The van der Waals surface area contributed by atoms with Crippen LogP contribution in [0.3, 0.4) is 0 Å². The number of hydrazone groups is 1. The van der Waals surface area contributed by atoms with Crippen molar-refractivity contribution in [3.05, 3.63) is 53.5 Å². The highest BCUT2D eigenvalue weighted by molar-refractivity contribution is 7.80. The first-order valence-corrected chi connectivity index (χ1v) is 6.69. The minimum absolute atomic E-state index is 0.447. The van der Waals surface area contributed by atoms with Crippen LogP contribution in [0.4, 0.5) is 5.69 Å². The van der Waals surface area contributed by atoms with E-state index in [9.17, 15) is 0 Å². The van der Waals surface area contributed by atoms with E-state index in [2.05, 4.69) is 28.8 Å². The first kappa shape index (κ1) is 14.3. The summed E-state index contributed by atoms with van der Waals surface area (Å²) in [5.41, 5.74) is 6.88. The number of hydrogen-bond donors (Lipinski definition) is 2. The molecule has 1 aromatic carbocycles. The molecule has 0 fully saturated rings. The maximum absolute atomic E-state index is 5.24. The molecular formula is C15H17N3OS. The maximum Gasteiger partial charge on any atom is 0.191 e. The molecule has 0 unspecified atom stereocenters. The van der Waals surface area contributed by atoms with E-state index in [1.165, 1.54) is 5.56 Å². The van der Waals surface area contributed by atoms with Crippen LogP contribution < -0.4 is 10.7 Å². The number of thiocarbonyl (C=S) groups is 1. The van der Waals surface area contributed by atoms with E-state index in [1.54, 1.807) is 6.26 Å². The molecule has 1 heterocycles. The smallest absolute Gasteiger partial charge is 0.191 e. The molecule has 2 N–H and O–H groups in total. The van der Waals surface area contributed by atoms with Gasteiger partial charge in [0, 0.05) is 5.69 Å². The Morgan fingerprint density at radius 2 is 2.05 bits per heavy atom. The van der Waals surface area contributed by atoms with Gasteiger partial charge in [-0.15, -0.1) is 0 Å². The SMILES string of the molecule is CC(=NNC(=S)Nc1ccc(C)cc1C)c1ccco1. The van der Waals surface area contributed by atoms with Crippen molar-refractivity contribution in [2.75, 3.05) is 5.32 Å². The zero-order valence-electron chi connectivity index (χ0n) is 11.7. The molecule has 104 valence electrons. The predicted molar refractivity (Wildman–Crippen MR) is 86.2 cm³/mol. The van der Waals surface area contributed by atoms with Crippen molar-refractivity contribution in [1.29, 1.82) is 0 Å². The summed E-state index contributed by atoms with van der Waals surface area (Å²) < 4.78 is 5.24. The van der Waals surface area contributed by atoms with Crippen LogP contribution in [0.2, 0.25) is 0 Å². The van der Waals surface area contributed by atoms with Crippen molar-refractivity contribution < 1.29 is 4.42 Å². The van der Waals surface area contributed by atoms with Crippen LogP contribution in [0.25, 0.3) is 0 Å². The summed E-state index contributed by atoms with van der Waals surface area (Å²) in [5, 5.41) is 7.75. The van der Waals surface area contributed by atoms with Crippen LogP contribution in [0.5, 0.6) is 0 Å². The molecule has 0 radical (unpaired) electrons. The Hall–Kier alpha value is -2.14. The van der Waals surface area contributed by atoms with E-state index in [-0.39, 0.29) is 0 Å². The molecule has 1 aromatic heterocycles. The number of rotatable bonds is 3. The van der Waals surface area contributed by atoms with Crippen LogP contribution >= 0.6 is 12.2 Å². The van der Waals surface area contributed by atoms with Crippen molar-refractivity contribution in [2.24, 2.45) is 5.10 Å². The second-order valence-corrected chi connectivity index (χ2v) is 4.97. The monoisotopic (exact) mass is 287 g/mol. The molecule has 2 rings (SSSR count). The third-order valence-corrected chi connectivity index (χ3v) is 3.03. The Kier molecular flexibility index (Phi) is 4.53. The van der Waals surface area contributed by atoms with E-state index in [0.717, 1.165) is 17.0 Å². The molecule has 0 aliphatic heterocycles. The Labute approximate surface area is 123 Å². The van der Waals surface area contributed by atoms with Crippen molar-refractivity contribution in [1.82, 2.24) is 5.43 Å². The lowest BCUT2D eigenvalue weighted by molar-refractivity contribution is 0.556. The van der Waals surface area contributed by atoms with Crippen molar-refractivity contribution in [2.45, 2.75) is 20.8 Å². The molecule has 20 heavy (non-hydrogen) atoms. The van der Waals surface area contributed by atoms with E-state index in [1.807, 2.05) is 38.1 Å². The predicted octanol–water partition coefficient (Wildman–Crippen LogP) is 3.61. The van der Waals surface area contributed by atoms with Crippen LogP contribution in [0.15, 0.2) is 46.1 Å². The molecule has 0 spiro atoms. The van der Waals surface area contributed by atoms with Crippen LogP contribution in [-0.4, -0.2) is 10.8 Å². The normalized spacial score (nSPS) is 11.2. The Morgan fingerprint density at radius 3 is 2.70 bits per heavy atom. The van der Waals surface area contributed by atoms with E-state index >= 15 is 0 Å². The van der Waals surface area contributed by atoms with E-state index < -0.39 is 0 Å². The lowest BCUT2D eigenvalue weighted by atomic mass is 10.1. The first-order valence-electron chi connectivity index (χ1n) is 6.28. The highest BCUT2D eigenvalue weighted by atomic mass is 32.1. The number of furan rings is 1. The van der Waals surface area contributed by atoms with Gasteiger partial charge in [0.2, 0.25) is 0 Å². The number of nitrogens with zero attached hydrogens (tertiary/aromatic N) is 1. The summed E-state index contributed by atoms with van der Waals surface area (Å²) >= 11 is 5.22. The molecule has 0 amide bonds. The van der Waals surface area contributed by atoms with Gasteiger partial charge in [0.1, 0.15) is 11.5 Å². The summed E-state index contributed by atoms with van der Waals surface area (Å²) in [6.07, 6.45) is 1.61. The third kappa shape index (κ3) is 3.68. The molecule has 0 aliphatic rings. The number of anilines is 1. The van der Waals surface area contributed by atoms with Crippen LogP contribution in [0, 0.1) is 13.8 Å². The van der Waals surface area contributed by atoms with Gasteiger partial charge in [-0.1, -0.05) is 17.7 Å². The zero-order chi connectivity index (χ0) is 14.5. The molecule has 0 atom stereocenters. The maximum atomic E-state index is 5.24. The zero-order valence-corrected chi connectivity index (χ0v) is 12.5. The summed E-state index contributed by atoms with van der Waals surface area (Å²) in [6.45, 7) is 5.95. The fourth-order valence-electron chi connectivity index (χ4n) is 1.78. The minimum Gasteiger partial charge on any atom is -0.463 e. The highest BCUT2D eigenvalue weighted by Crippen LogP contribution is 2.15. The number of hydrogen-bond acceptors (Lipinski definition) is 3. The van der Waals surface area contributed by atoms with Gasteiger partial charge < -0.3 is 9.73 Å². The fraction of sp³-hybridized carbons (Fsp3) is 0.200. The Bertz CT molecular complexity index is 633. The quantitative estimate of drug-likeness (QED) is 0.514. The molecule has 4 nitrogen and oxygen atoms in total. The van der Waals surface area contributed by atoms with Crippen molar-refractivity contribution in [3.63, 3.8) is 0 Å².